The number of ether oxygens (including phenoxy) is 1. The Balaban J connectivity index is 1.83. The third kappa shape index (κ3) is 4.42. The summed E-state index contributed by atoms with van der Waals surface area (Å²) < 4.78 is 33.9. The highest BCUT2D eigenvalue weighted by Gasteiger charge is 2.33. The lowest BCUT2D eigenvalue weighted by Crippen LogP contribution is -2.48. The van der Waals surface area contributed by atoms with Crippen molar-refractivity contribution in [2.75, 3.05) is 26.7 Å². The van der Waals surface area contributed by atoms with Crippen LogP contribution in [-0.2, 0) is 14.9 Å². The summed E-state index contributed by atoms with van der Waals surface area (Å²) in [7, 11) is -1.91. The van der Waals surface area contributed by atoms with E-state index in [2.05, 4.69) is 6.07 Å². The molecule has 22 heavy (non-hydrogen) atoms. The number of nitrogens with zero attached hydrogens (tertiary/aromatic N) is 3. The van der Waals surface area contributed by atoms with Crippen molar-refractivity contribution >= 4 is 10.2 Å². The molecule has 1 heterocycles. The Morgan fingerprint density at radius 3 is 2.32 bits per heavy atom. The maximum Gasteiger partial charge on any atom is 0.281 e. The molecule has 7 heteroatoms. The predicted octanol–water partition coefficient (Wildman–Crippen LogP) is 1.75. The second-order valence-electron chi connectivity index (χ2n) is 6.46. The summed E-state index contributed by atoms with van der Waals surface area (Å²) in [6, 6.07) is 2.07. The maximum absolute atomic E-state index is 12.5. The van der Waals surface area contributed by atoms with E-state index in [0.29, 0.717) is 19.2 Å². The van der Waals surface area contributed by atoms with E-state index in [1.54, 1.807) is 14.0 Å². The van der Waals surface area contributed by atoms with Crippen LogP contribution in [0.3, 0.4) is 0 Å². The van der Waals surface area contributed by atoms with Gasteiger partial charge in [-0.1, -0.05) is 12.8 Å². The first kappa shape index (κ1) is 17.7. The molecule has 1 atom stereocenters. The fourth-order valence-corrected chi connectivity index (χ4v) is 4.69. The number of nitriles is 1. The van der Waals surface area contributed by atoms with Crippen LogP contribution >= 0.6 is 0 Å². The van der Waals surface area contributed by atoms with Gasteiger partial charge in [0.05, 0.1) is 24.2 Å². The summed E-state index contributed by atoms with van der Waals surface area (Å²) in [5, 5.41) is 8.83. The molecule has 0 spiro atoms. The van der Waals surface area contributed by atoms with E-state index in [4.69, 9.17) is 10.00 Å². The van der Waals surface area contributed by atoms with Crippen molar-refractivity contribution < 1.29 is 13.2 Å². The van der Waals surface area contributed by atoms with Gasteiger partial charge in [-0.25, -0.2) is 0 Å². The van der Waals surface area contributed by atoms with Crippen LogP contribution in [0.4, 0.5) is 0 Å². The number of hydrogen-bond donors (Lipinski definition) is 0. The highest BCUT2D eigenvalue weighted by molar-refractivity contribution is 7.86. The molecule has 0 aromatic carbocycles. The molecule has 1 saturated carbocycles. The van der Waals surface area contributed by atoms with Gasteiger partial charge in [-0.05, 0) is 32.6 Å². The van der Waals surface area contributed by atoms with Crippen LogP contribution in [0, 0.1) is 17.2 Å². The van der Waals surface area contributed by atoms with E-state index < -0.39 is 10.2 Å². The molecule has 0 bridgehead atoms. The van der Waals surface area contributed by atoms with Crippen molar-refractivity contribution in [2.45, 2.75) is 57.7 Å². The normalized spacial score (nSPS) is 23.7. The maximum atomic E-state index is 12.5. The molecule has 0 aromatic heterocycles. The molecule has 0 radical (unpaired) electrons. The summed E-state index contributed by atoms with van der Waals surface area (Å²) in [6.45, 7) is 2.97. The minimum Gasteiger partial charge on any atom is -0.375 e. The van der Waals surface area contributed by atoms with E-state index in [0.717, 1.165) is 25.7 Å². The third-order valence-corrected chi connectivity index (χ3v) is 6.51. The molecule has 1 aliphatic heterocycles. The van der Waals surface area contributed by atoms with Crippen molar-refractivity contribution in [1.82, 2.24) is 8.61 Å². The van der Waals surface area contributed by atoms with Gasteiger partial charge in [0.1, 0.15) is 0 Å². The molecule has 1 aliphatic carbocycles. The van der Waals surface area contributed by atoms with Crippen molar-refractivity contribution in [2.24, 2.45) is 5.92 Å². The second kappa shape index (κ2) is 7.73. The Bertz CT molecular complexity index is 489. The molecule has 0 amide bonds. The summed E-state index contributed by atoms with van der Waals surface area (Å²) in [6.07, 6.45) is 6.89. The Kier molecular flexibility index (Phi) is 6.21. The molecule has 2 aliphatic rings. The van der Waals surface area contributed by atoms with Gasteiger partial charge in [0.2, 0.25) is 0 Å². The molecule has 0 aromatic rings. The molecular formula is C15H27N3O3S. The van der Waals surface area contributed by atoms with E-state index in [1.807, 2.05) is 0 Å². The van der Waals surface area contributed by atoms with E-state index >= 15 is 0 Å². The van der Waals surface area contributed by atoms with Crippen LogP contribution < -0.4 is 0 Å². The first-order chi connectivity index (χ1) is 10.4. The average molecular weight is 329 g/mol. The summed E-state index contributed by atoms with van der Waals surface area (Å²) in [5.41, 5.74) is 0. The van der Waals surface area contributed by atoms with Gasteiger partial charge < -0.3 is 4.74 Å². The standard InChI is InChI=1S/C15H27N3O3S/c1-13(11-16)12-17(2)22(19,20)18-9-7-15(8-10-18)21-14-5-3-4-6-14/h13-15H,3-10,12H2,1-2H3/t13-/m1/s1. The Morgan fingerprint density at radius 2 is 1.77 bits per heavy atom. The van der Waals surface area contributed by atoms with Gasteiger partial charge >= 0.3 is 0 Å². The SMILES string of the molecule is C[C@H](C#N)CN(C)S(=O)(=O)N1CCC(OC2CCCC2)CC1. The quantitative estimate of drug-likeness (QED) is 0.744. The van der Waals surface area contributed by atoms with Gasteiger partial charge in [-0.15, -0.1) is 0 Å². The molecular weight excluding hydrogens is 302 g/mol. The zero-order valence-electron chi connectivity index (χ0n) is 13.6. The molecule has 2 fully saturated rings. The van der Waals surface area contributed by atoms with Gasteiger partial charge in [0, 0.05) is 26.7 Å². The lowest BCUT2D eigenvalue weighted by molar-refractivity contribution is -0.0306. The highest BCUT2D eigenvalue weighted by atomic mass is 32.2. The number of piperidine rings is 1. The zero-order valence-corrected chi connectivity index (χ0v) is 14.4. The Labute approximate surface area is 134 Å². The predicted molar refractivity (Wildman–Crippen MR) is 84.3 cm³/mol. The molecule has 0 N–H and O–H groups in total. The summed E-state index contributed by atoms with van der Waals surface area (Å²) in [4.78, 5) is 0. The smallest absolute Gasteiger partial charge is 0.281 e. The second-order valence-corrected chi connectivity index (χ2v) is 8.49. The molecule has 6 nitrogen and oxygen atoms in total. The van der Waals surface area contributed by atoms with Gasteiger partial charge in [0.15, 0.2) is 0 Å². The van der Waals surface area contributed by atoms with Crippen molar-refractivity contribution in [3.63, 3.8) is 0 Å². The number of rotatable bonds is 6. The Hall–Kier alpha value is -0.680. The fraction of sp³-hybridized carbons (Fsp3) is 0.933. The molecule has 0 unspecified atom stereocenters. The Morgan fingerprint density at radius 1 is 1.23 bits per heavy atom. The van der Waals surface area contributed by atoms with E-state index in [1.165, 1.54) is 21.5 Å². The molecule has 126 valence electrons. The summed E-state index contributed by atoms with van der Waals surface area (Å²) in [5.74, 6) is -0.303. The fourth-order valence-electron chi connectivity index (χ4n) is 3.21. The van der Waals surface area contributed by atoms with Crippen LogP contribution in [0.2, 0.25) is 0 Å². The highest BCUT2D eigenvalue weighted by Crippen LogP contribution is 2.26. The first-order valence-electron chi connectivity index (χ1n) is 8.20. The van der Waals surface area contributed by atoms with Crippen LogP contribution in [-0.4, -0.2) is 55.9 Å². The largest absolute Gasteiger partial charge is 0.375 e. The molecule has 1 saturated heterocycles. The van der Waals surface area contributed by atoms with Gasteiger partial charge in [-0.2, -0.15) is 22.3 Å². The minimum absolute atomic E-state index is 0.192. The van der Waals surface area contributed by atoms with Crippen molar-refractivity contribution in [3.8, 4) is 6.07 Å². The minimum atomic E-state index is -3.46. The van der Waals surface area contributed by atoms with Gasteiger partial charge in [-0.3, -0.25) is 0 Å². The first-order valence-corrected chi connectivity index (χ1v) is 9.59. The number of hydrogen-bond acceptors (Lipinski definition) is 4. The topological polar surface area (TPSA) is 73.6 Å². The van der Waals surface area contributed by atoms with Crippen LogP contribution in [0.5, 0.6) is 0 Å². The third-order valence-electron chi connectivity index (χ3n) is 4.56. The van der Waals surface area contributed by atoms with E-state index in [9.17, 15) is 8.42 Å². The lowest BCUT2D eigenvalue weighted by Gasteiger charge is -2.34. The average Bonchev–Trinajstić information content (AvgIpc) is 3.00. The zero-order chi connectivity index (χ0) is 16.2. The summed E-state index contributed by atoms with van der Waals surface area (Å²) >= 11 is 0. The van der Waals surface area contributed by atoms with Gasteiger partial charge in [0.25, 0.3) is 10.2 Å². The lowest BCUT2D eigenvalue weighted by atomic mass is 10.1. The molecule has 2 rings (SSSR count). The van der Waals surface area contributed by atoms with Crippen LogP contribution in [0.1, 0.15) is 45.4 Å². The van der Waals surface area contributed by atoms with Crippen LogP contribution in [0.15, 0.2) is 0 Å². The van der Waals surface area contributed by atoms with E-state index in [-0.39, 0.29) is 18.6 Å². The monoisotopic (exact) mass is 329 g/mol. The van der Waals surface area contributed by atoms with Crippen molar-refractivity contribution in [1.29, 1.82) is 5.26 Å². The van der Waals surface area contributed by atoms with Crippen LogP contribution in [0.25, 0.3) is 0 Å². The van der Waals surface area contributed by atoms with Crippen molar-refractivity contribution in [3.05, 3.63) is 0 Å².